The van der Waals surface area contributed by atoms with Gasteiger partial charge in [0.05, 0.1) is 0 Å². The predicted octanol–water partition coefficient (Wildman–Crippen LogP) is 0.520. The first-order valence-electron chi connectivity index (χ1n) is 5.34. The SMILES string of the molecule is CCN(CCC(N)C(=O)O)CC1CC1. The molecule has 0 aromatic carbocycles. The van der Waals surface area contributed by atoms with E-state index >= 15 is 0 Å². The Morgan fingerprint density at radius 2 is 2.29 bits per heavy atom. The number of rotatable bonds is 7. The summed E-state index contributed by atoms with van der Waals surface area (Å²) in [5, 5.41) is 8.62. The van der Waals surface area contributed by atoms with Crippen LogP contribution >= 0.6 is 0 Å². The van der Waals surface area contributed by atoms with Gasteiger partial charge in [-0.2, -0.15) is 0 Å². The van der Waals surface area contributed by atoms with Crippen LogP contribution in [0.5, 0.6) is 0 Å². The second-order valence-electron chi connectivity index (χ2n) is 4.07. The molecule has 0 radical (unpaired) electrons. The first-order valence-corrected chi connectivity index (χ1v) is 5.34. The molecule has 3 N–H and O–H groups in total. The van der Waals surface area contributed by atoms with E-state index in [1.54, 1.807) is 0 Å². The summed E-state index contributed by atoms with van der Waals surface area (Å²) in [6.45, 7) is 5.01. The zero-order valence-electron chi connectivity index (χ0n) is 8.78. The van der Waals surface area contributed by atoms with Crippen LogP contribution in [0.25, 0.3) is 0 Å². The molecule has 0 aromatic rings. The maximum atomic E-state index is 10.5. The van der Waals surface area contributed by atoms with Gasteiger partial charge in [0.25, 0.3) is 0 Å². The topological polar surface area (TPSA) is 66.6 Å². The number of carboxylic acid groups (broad SMARTS) is 1. The Kier molecular flexibility index (Phi) is 4.35. The number of aliphatic carboxylic acids is 1. The molecular formula is C10H20N2O2. The average molecular weight is 200 g/mol. The van der Waals surface area contributed by atoms with E-state index in [-0.39, 0.29) is 0 Å². The van der Waals surface area contributed by atoms with Gasteiger partial charge in [-0.3, -0.25) is 4.79 Å². The van der Waals surface area contributed by atoms with Crippen LogP contribution in [0.2, 0.25) is 0 Å². The molecule has 4 heteroatoms. The molecule has 1 atom stereocenters. The summed E-state index contributed by atoms with van der Waals surface area (Å²) in [5.41, 5.74) is 5.44. The average Bonchev–Trinajstić information content (AvgIpc) is 2.95. The second kappa shape index (κ2) is 5.32. The van der Waals surface area contributed by atoms with E-state index in [0.29, 0.717) is 6.42 Å². The van der Waals surface area contributed by atoms with Crippen molar-refractivity contribution in [2.45, 2.75) is 32.2 Å². The third-order valence-corrected chi connectivity index (χ3v) is 2.73. The van der Waals surface area contributed by atoms with Crippen molar-refractivity contribution in [3.63, 3.8) is 0 Å². The van der Waals surface area contributed by atoms with Crippen molar-refractivity contribution in [2.75, 3.05) is 19.6 Å². The lowest BCUT2D eigenvalue weighted by atomic mass is 10.2. The van der Waals surface area contributed by atoms with Gasteiger partial charge in [-0.1, -0.05) is 6.92 Å². The number of nitrogens with zero attached hydrogens (tertiary/aromatic N) is 1. The monoisotopic (exact) mass is 200 g/mol. The van der Waals surface area contributed by atoms with E-state index in [2.05, 4.69) is 11.8 Å². The third kappa shape index (κ3) is 4.07. The zero-order chi connectivity index (χ0) is 10.6. The van der Waals surface area contributed by atoms with Gasteiger partial charge in [-0.25, -0.2) is 0 Å². The molecule has 1 aliphatic carbocycles. The molecule has 0 amide bonds. The lowest BCUT2D eigenvalue weighted by Crippen LogP contribution is -2.36. The van der Waals surface area contributed by atoms with Crippen LogP contribution in [-0.2, 0) is 4.79 Å². The number of hydrogen-bond donors (Lipinski definition) is 2. The number of nitrogens with two attached hydrogens (primary N) is 1. The van der Waals surface area contributed by atoms with E-state index in [9.17, 15) is 4.79 Å². The van der Waals surface area contributed by atoms with E-state index in [4.69, 9.17) is 10.8 Å². The third-order valence-electron chi connectivity index (χ3n) is 2.73. The molecule has 1 aliphatic rings. The van der Waals surface area contributed by atoms with Crippen LogP contribution in [0.1, 0.15) is 26.2 Å². The highest BCUT2D eigenvalue weighted by molar-refractivity contribution is 5.72. The largest absolute Gasteiger partial charge is 0.480 e. The fourth-order valence-corrected chi connectivity index (χ4v) is 1.49. The smallest absolute Gasteiger partial charge is 0.320 e. The van der Waals surface area contributed by atoms with Crippen LogP contribution in [0, 0.1) is 5.92 Å². The van der Waals surface area contributed by atoms with Crippen LogP contribution < -0.4 is 5.73 Å². The molecule has 0 saturated heterocycles. The molecule has 4 nitrogen and oxygen atoms in total. The molecule has 1 unspecified atom stereocenters. The summed E-state index contributed by atoms with van der Waals surface area (Å²) < 4.78 is 0. The maximum Gasteiger partial charge on any atom is 0.320 e. The summed E-state index contributed by atoms with van der Waals surface area (Å²) in [6, 6.07) is -0.705. The Morgan fingerprint density at radius 3 is 2.71 bits per heavy atom. The van der Waals surface area contributed by atoms with Crippen LogP contribution in [0.15, 0.2) is 0 Å². The lowest BCUT2D eigenvalue weighted by molar-refractivity contribution is -0.138. The molecule has 0 aromatic heterocycles. The van der Waals surface area contributed by atoms with Crippen molar-refractivity contribution < 1.29 is 9.90 Å². The maximum absolute atomic E-state index is 10.5. The van der Waals surface area contributed by atoms with Gasteiger partial charge in [0.2, 0.25) is 0 Å². The van der Waals surface area contributed by atoms with Crippen molar-refractivity contribution in [1.82, 2.24) is 4.90 Å². The molecule has 0 bridgehead atoms. The normalized spacial score (nSPS) is 18.5. The molecule has 1 saturated carbocycles. The van der Waals surface area contributed by atoms with Crippen LogP contribution in [0.3, 0.4) is 0 Å². The quantitative estimate of drug-likeness (QED) is 0.629. The molecule has 0 spiro atoms. The van der Waals surface area contributed by atoms with Crippen molar-refractivity contribution in [2.24, 2.45) is 11.7 Å². The summed E-state index contributed by atoms with van der Waals surface area (Å²) in [5.74, 6) is -0.0384. The highest BCUT2D eigenvalue weighted by atomic mass is 16.4. The van der Waals surface area contributed by atoms with Gasteiger partial charge in [0.1, 0.15) is 6.04 Å². The standard InChI is InChI=1S/C10H20N2O2/c1-2-12(7-8-3-4-8)6-5-9(11)10(13)14/h8-9H,2-7,11H2,1H3,(H,13,14). The van der Waals surface area contributed by atoms with E-state index < -0.39 is 12.0 Å². The molecule has 0 heterocycles. The van der Waals surface area contributed by atoms with Gasteiger partial charge < -0.3 is 15.7 Å². The van der Waals surface area contributed by atoms with Crippen LogP contribution in [0.4, 0.5) is 0 Å². The zero-order valence-corrected chi connectivity index (χ0v) is 8.78. The summed E-state index contributed by atoms with van der Waals surface area (Å²) in [7, 11) is 0. The van der Waals surface area contributed by atoms with Crippen LogP contribution in [-0.4, -0.2) is 41.7 Å². The lowest BCUT2D eigenvalue weighted by Gasteiger charge is -2.20. The first kappa shape index (κ1) is 11.5. The highest BCUT2D eigenvalue weighted by Gasteiger charge is 2.24. The van der Waals surface area contributed by atoms with Crippen molar-refractivity contribution in [1.29, 1.82) is 0 Å². The van der Waals surface area contributed by atoms with E-state index in [1.807, 2.05) is 0 Å². The molecule has 1 rings (SSSR count). The fourth-order valence-electron chi connectivity index (χ4n) is 1.49. The molecule has 0 aliphatic heterocycles. The minimum absolute atomic E-state index is 0.551. The van der Waals surface area contributed by atoms with Gasteiger partial charge in [-0.15, -0.1) is 0 Å². The molecule has 1 fully saturated rings. The van der Waals surface area contributed by atoms with Crippen molar-refractivity contribution >= 4 is 5.97 Å². The van der Waals surface area contributed by atoms with Crippen molar-refractivity contribution in [3.8, 4) is 0 Å². The Morgan fingerprint density at radius 1 is 1.64 bits per heavy atom. The molecule has 14 heavy (non-hydrogen) atoms. The Balaban J connectivity index is 2.15. The number of carboxylic acids is 1. The number of hydrogen-bond acceptors (Lipinski definition) is 3. The Hall–Kier alpha value is -0.610. The van der Waals surface area contributed by atoms with Gasteiger partial charge in [0, 0.05) is 13.1 Å². The van der Waals surface area contributed by atoms with E-state index in [1.165, 1.54) is 12.8 Å². The second-order valence-corrected chi connectivity index (χ2v) is 4.07. The Bertz CT molecular complexity index is 193. The summed E-state index contributed by atoms with van der Waals surface area (Å²) in [6.07, 6.45) is 3.22. The van der Waals surface area contributed by atoms with Gasteiger partial charge in [-0.05, 0) is 31.7 Å². The van der Waals surface area contributed by atoms with E-state index in [0.717, 1.165) is 25.6 Å². The van der Waals surface area contributed by atoms with Gasteiger partial charge >= 0.3 is 5.97 Å². The van der Waals surface area contributed by atoms with Crippen molar-refractivity contribution in [3.05, 3.63) is 0 Å². The predicted molar refractivity (Wildman–Crippen MR) is 55.1 cm³/mol. The summed E-state index contributed by atoms with van der Waals surface area (Å²) in [4.78, 5) is 12.8. The summed E-state index contributed by atoms with van der Waals surface area (Å²) >= 11 is 0. The Labute approximate surface area is 85.1 Å². The first-order chi connectivity index (χ1) is 6.63. The minimum atomic E-state index is -0.896. The molecule has 82 valence electrons. The fraction of sp³-hybridized carbons (Fsp3) is 0.900. The number of carbonyl (C=O) groups is 1. The molecular weight excluding hydrogens is 180 g/mol. The minimum Gasteiger partial charge on any atom is -0.480 e. The highest BCUT2D eigenvalue weighted by Crippen LogP contribution is 2.29. The van der Waals surface area contributed by atoms with Gasteiger partial charge in [0.15, 0.2) is 0 Å².